The third-order valence-corrected chi connectivity index (χ3v) is 1.99. The van der Waals surface area contributed by atoms with Crippen molar-refractivity contribution in [1.82, 2.24) is 4.90 Å². The highest BCUT2D eigenvalue weighted by Gasteiger charge is 2.31. The summed E-state index contributed by atoms with van der Waals surface area (Å²) >= 11 is 0. The van der Waals surface area contributed by atoms with Gasteiger partial charge in [0.15, 0.2) is 6.73 Å². The van der Waals surface area contributed by atoms with Crippen molar-refractivity contribution < 1.29 is 19.1 Å². The minimum atomic E-state index is -0.530. The Hall–Kier alpha value is -1.26. The summed E-state index contributed by atoms with van der Waals surface area (Å²) in [6.45, 7) is 7.17. The molecule has 5 nitrogen and oxygen atoms in total. The maximum Gasteiger partial charge on any atom is 0.413 e. The van der Waals surface area contributed by atoms with Crippen LogP contribution in [0.3, 0.4) is 0 Å². The van der Waals surface area contributed by atoms with Gasteiger partial charge in [-0.3, -0.25) is 9.69 Å². The van der Waals surface area contributed by atoms with Gasteiger partial charge in [0, 0.05) is 6.04 Å². The second-order valence-corrected chi connectivity index (χ2v) is 4.65. The normalized spacial score (nSPS) is 22.3. The lowest BCUT2D eigenvalue weighted by Gasteiger charge is -2.33. The van der Waals surface area contributed by atoms with E-state index in [9.17, 15) is 9.59 Å². The standard InChI is InChI=1S/C10H17NO4/c1-7-5-8(12)14-6-11(7)9(13)15-10(2,3)4/h7H,5-6H2,1-4H3/t7-/m0/s1. The molecule has 1 aliphatic heterocycles. The molecule has 1 heterocycles. The maximum absolute atomic E-state index is 11.6. The van der Waals surface area contributed by atoms with Gasteiger partial charge in [-0.15, -0.1) is 0 Å². The Morgan fingerprint density at radius 2 is 2.13 bits per heavy atom. The Kier molecular flexibility index (Phi) is 3.21. The number of hydrogen-bond acceptors (Lipinski definition) is 4. The fourth-order valence-corrected chi connectivity index (χ4v) is 1.23. The van der Waals surface area contributed by atoms with Crippen LogP contribution in [0.5, 0.6) is 0 Å². The van der Waals surface area contributed by atoms with Gasteiger partial charge in [0.2, 0.25) is 0 Å². The molecule has 0 aliphatic carbocycles. The van der Waals surface area contributed by atoms with Crippen LogP contribution in [0.25, 0.3) is 0 Å². The highest BCUT2D eigenvalue weighted by molar-refractivity contribution is 5.75. The first-order valence-corrected chi connectivity index (χ1v) is 4.95. The molecule has 5 heteroatoms. The van der Waals surface area contributed by atoms with Crippen molar-refractivity contribution in [2.24, 2.45) is 0 Å². The molecule has 1 saturated heterocycles. The molecule has 0 spiro atoms. The molecule has 0 aromatic carbocycles. The Bertz CT molecular complexity index is 269. The van der Waals surface area contributed by atoms with Gasteiger partial charge < -0.3 is 9.47 Å². The zero-order valence-corrected chi connectivity index (χ0v) is 9.57. The first-order valence-electron chi connectivity index (χ1n) is 4.95. The molecular weight excluding hydrogens is 198 g/mol. The molecule has 1 fully saturated rings. The molecule has 15 heavy (non-hydrogen) atoms. The van der Waals surface area contributed by atoms with Gasteiger partial charge in [0.1, 0.15) is 5.60 Å². The lowest BCUT2D eigenvalue weighted by Crippen LogP contribution is -2.48. The summed E-state index contributed by atoms with van der Waals surface area (Å²) in [6, 6.07) is -0.166. The number of esters is 1. The maximum atomic E-state index is 11.6. The number of amides is 1. The number of ether oxygens (including phenoxy) is 2. The molecule has 0 N–H and O–H groups in total. The fraction of sp³-hybridized carbons (Fsp3) is 0.800. The Morgan fingerprint density at radius 1 is 1.53 bits per heavy atom. The average Bonchev–Trinajstić information content (AvgIpc) is 1.99. The van der Waals surface area contributed by atoms with Crippen molar-refractivity contribution in [3.05, 3.63) is 0 Å². The van der Waals surface area contributed by atoms with Gasteiger partial charge in [-0.05, 0) is 27.7 Å². The van der Waals surface area contributed by atoms with Crippen LogP contribution in [0.1, 0.15) is 34.1 Å². The predicted molar refractivity (Wildman–Crippen MR) is 53.1 cm³/mol. The number of carbonyl (C=O) groups is 2. The van der Waals surface area contributed by atoms with E-state index in [1.807, 2.05) is 0 Å². The van der Waals surface area contributed by atoms with Gasteiger partial charge in [-0.25, -0.2) is 4.79 Å². The van der Waals surface area contributed by atoms with Crippen LogP contribution in [0.2, 0.25) is 0 Å². The second-order valence-electron chi connectivity index (χ2n) is 4.65. The first-order chi connectivity index (χ1) is 6.79. The summed E-state index contributed by atoms with van der Waals surface area (Å²) < 4.78 is 9.96. The van der Waals surface area contributed by atoms with Crippen molar-refractivity contribution in [3.63, 3.8) is 0 Å². The topological polar surface area (TPSA) is 55.8 Å². The van der Waals surface area contributed by atoms with Crippen molar-refractivity contribution >= 4 is 12.1 Å². The van der Waals surface area contributed by atoms with E-state index >= 15 is 0 Å². The Balaban J connectivity index is 2.56. The molecule has 86 valence electrons. The third-order valence-electron chi connectivity index (χ3n) is 1.99. The largest absolute Gasteiger partial charge is 0.444 e. The summed E-state index contributed by atoms with van der Waals surface area (Å²) in [4.78, 5) is 24.0. The number of rotatable bonds is 0. The zero-order valence-electron chi connectivity index (χ0n) is 9.57. The predicted octanol–water partition coefficient (Wildman–Crippen LogP) is 1.52. The number of cyclic esters (lactones) is 1. The molecule has 1 rings (SSSR count). The molecule has 1 aliphatic rings. The minimum Gasteiger partial charge on any atom is -0.444 e. The summed E-state index contributed by atoms with van der Waals surface area (Å²) in [5.74, 6) is -0.276. The highest BCUT2D eigenvalue weighted by Crippen LogP contribution is 2.16. The second kappa shape index (κ2) is 4.08. The number of nitrogens with zero attached hydrogens (tertiary/aromatic N) is 1. The lowest BCUT2D eigenvalue weighted by atomic mass is 10.2. The van der Waals surface area contributed by atoms with E-state index in [0.29, 0.717) is 0 Å². The van der Waals surface area contributed by atoms with Crippen molar-refractivity contribution in [2.75, 3.05) is 6.73 Å². The van der Waals surface area contributed by atoms with E-state index in [1.54, 1.807) is 27.7 Å². The van der Waals surface area contributed by atoms with E-state index in [0.717, 1.165) is 0 Å². The quantitative estimate of drug-likeness (QED) is 0.575. The zero-order chi connectivity index (χ0) is 11.6. The van der Waals surface area contributed by atoms with Crippen molar-refractivity contribution in [3.8, 4) is 0 Å². The molecule has 0 unspecified atom stereocenters. The number of hydrogen-bond donors (Lipinski definition) is 0. The summed E-state index contributed by atoms with van der Waals surface area (Å²) in [7, 11) is 0. The molecule has 0 radical (unpaired) electrons. The van der Waals surface area contributed by atoms with Crippen LogP contribution in [0, 0.1) is 0 Å². The highest BCUT2D eigenvalue weighted by atomic mass is 16.6. The summed E-state index contributed by atoms with van der Waals surface area (Å²) in [5, 5.41) is 0. The van der Waals surface area contributed by atoms with Crippen LogP contribution in [-0.4, -0.2) is 35.3 Å². The molecule has 0 aromatic rings. The molecule has 1 amide bonds. The molecule has 1 atom stereocenters. The van der Waals surface area contributed by atoms with E-state index in [2.05, 4.69) is 0 Å². The van der Waals surface area contributed by atoms with E-state index in [1.165, 1.54) is 4.90 Å². The minimum absolute atomic E-state index is 0.0189. The van der Waals surface area contributed by atoms with Gasteiger partial charge in [0.25, 0.3) is 0 Å². The number of carbonyl (C=O) groups excluding carboxylic acids is 2. The Morgan fingerprint density at radius 3 is 2.60 bits per heavy atom. The van der Waals surface area contributed by atoms with Crippen LogP contribution < -0.4 is 0 Å². The van der Waals surface area contributed by atoms with Crippen LogP contribution in [0.15, 0.2) is 0 Å². The summed E-state index contributed by atoms with van der Waals surface area (Å²) in [6.07, 6.45) is -0.221. The Labute approximate surface area is 89.3 Å². The van der Waals surface area contributed by atoms with Crippen molar-refractivity contribution in [2.45, 2.75) is 45.8 Å². The fourth-order valence-electron chi connectivity index (χ4n) is 1.23. The molecular formula is C10H17NO4. The van der Waals surface area contributed by atoms with E-state index in [4.69, 9.17) is 9.47 Å². The van der Waals surface area contributed by atoms with Crippen LogP contribution >= 0.6 is 0 Å². The van der Waals surface area contributed by atoms with E-state index in [-0.39, 0.29) is 25.2 Å². The van der Waals surface area contributed by atoms with Crippen LogP contribution in [-0.2, 0) is 14.3 Å². The monoisotopic (exact) mass is 215 g/mol. The average molecular weight is 215 g/mol. The molecule has 0 saturated carbocycles. The molecule has 0 bridgehead atoms. The van der Waals surface area contributed by atoms with Gasteiger partial charge in [-0.2, -0.15) is 0 Å². The van der Waals surface area contributed by atoms with E-state index < -0.39 is 11.7 Å². The summed E-state index contributed by atoms with van der Waals surface area (Å²) in [5.41, 5.74) is -0.530. The third kappa shape index (κ3) is 3.42. The van der Waals surface area contributed by atoms with Gasteiger partial charge >= 0.3 is 12.1 Å². The van der Waals surface area contributed by atoms with Gasteiger partial charge in [-0.1, -0.05) is 0 Å². The molecule has 0 aromatic heterocycles. The van der Waals surface area contributed by atoms with Crippen molar-refractivity contribution in [1.29, 1.82) is 0 Å². The SMILES string of the molecule is C[C@H]1CC(=O)OCN1C(=O)OC(C)(C)C. The lowest BCUT2D eigenvalue weighted by molar-refractivity contribution is -0.157. The van der Waals surface area contributed by atoms with Crippen LogP contribution in [0.4, 0.5) is 4.79 Å². The first kappa shape index (κ1) is 11.8. The van der Waals surface area contributed by atoms with Gasteiger partial charge in [0.05, 0.1) is 6.42 Å². The smallest absolute Gasteiger partial charge is 0.413 e.